The fraction of sp³-hybridized carbons (Fsp3) is 0.545. The number of ether oxygens (including phenoxy) is 1. The van der Waals surface area contributed by atoms with E-state index in [0.717, 1.165) is 0 Å². The summed E-state index contributed by atoms with van der Waals surface area (Å²) in [5.41, 5.74) is 0.715. The van der Waals surface area contributed by atoms with Crippen LogP contribution in [0.3, 0.4) is 0 Å². The maximum Gasteiger partial charge on any atom is 0.326 e. The molecule has 0 bridgehead atoms. The van der Waals surface area contributed by atoms with Crippen molar-refractivity contribution in [3.63, 3.8) is 0 Å². The molecule has 2 N–H and O–H groups in total. The van der Waals surface area contributed by atoms with Gasteiger partial charge in [0.05, 0.1) is 7.11 Å². The SMILES string of the molecule is COc1cc(C)nc(NC(C(=O)O)C(C)C)n1. The Morgan fingerprint density at radius 2 is 2.12 bits per heavy atom. The van der Waals surface area contributed by atoms with Crippen molar-refractivity contribution in [2.24, 2.45) is 5.92 Å². The van der Waals surface area contributed by atoms with Gasteiger partial charge in [-0.25, -0.2) is 9.78 Å². The van der Waals surface area contributed by atoms with E-state index in [0.29, 0.717) is 11.6 Å². The molecular formula is C11H17N3O3. The molecular weight excluding hydrogens is 222 g/mol. The number of aromatic nitrogens is 2. The van der Waals surface area contributed by atoms with Gasteiger partial charge in [0.1, 0.15) is 6.04 Å². The molecule has 1 aromatic rings. The predicted octanol–water partition coefficient (Wildman–Crippen LogP) is 1.31. The highest BCUT2D eigenvalue weighted by Gasteiger charge is 2.22. The highest BCUT2D eigenvalue weighted by molar-refractivity contribution is 5.76. The quantitative estimate of drug-likeness (QED) is 0.806. The first-order valence-corrected chi connectivity index (χ1v) is 5.33. The fourth-order valence-corrected chi connectivity index (χ4v) is 1.36. The normalized spacial score (nSPS) is 12.3. The van der Waals surface area contributed by atoms with Crippen LogP contribution in [0.15, 0.2) is 6.07 Å². The van der Waals surface area contributed by atoms with Crippen LogP contribution in [-0.4, -0.2) is 34.2 Å². The number of carbonyl (C=O) groups is 1. The first-order valence-electron chi connectivity index (χ1n) is 5.33. The Hall–Kier alpha value is -1.85. The predicted molar refractivity (Wildman–Crippen MR) is 63.2 cm³/mol. The number of aliphatic carboxylic acids is 1. The van der Waals surface area contributed by atoms with Gasteiger partial charge in [-0.1, -0.05) is 13.8 Å². The first-order chi connectivity index (χ1) is 7.93. The largest absolute Gasteiger partial charge is 0.481 e. The van der Waals surface area contributed by atoms with E-state index in [1.807, 2.05) is 13.8 Å². The number of anilines is 1. The van der Waals surface area contributed by atoms with Gasteiger partial charge in [-0.2, -0.15) is 4.98 Å². The van der Waals surface area contributed by atoms with Crippen molar-refractivity contribution in [2.75, 3.05) is 12.4 Å². The van der Waals surface area contributed by atoms with Crippen LogP contribution in [0, 0.1) is 12.8 Å². The van der Waals surface area contributed by atoms with Gasteiger partial charge in [-0.3, -0.25) is 0 Å². The van der Waals surface area contributed by atoms with Crippen molar-refractivity contribution in [2.45, 2.75) is 26.8 Å². The number of nitrogens with zero attached hydrogens (tertiary/aromatic N) is 2. The third-order valence-electron chi connectivity index (χ3n) is 2.26. The molecule has 6 nitrogen and oxygen atoms in total. The van der Waals surface area contributed by atoms with Crippen LogP contribution >= 0.6 is 0 Å². The Bertz CT molecular complexity index is 407. The van der Waals surface area contributed by atoms with Gasteiger partial charge >= 0.3 is 5.97 Å². The monoisotopic (exact) mass is 239 g/mol. The number of carboxylic acid groups (broad SMARTS) is 1. The van der Waals surface area contributed by atoms with Crippen molar-refractivity contribution in [1.82, 2.24) is 9.97 Å². The molecule has 0 spiro atoms. The van der Waals surface area contributed by atoms with Crippen LogP contribution in [0.4, 0.5) is 5.95 Å². The third-order valence-corrected chi connectivity index (χ3v) is 2.26. The second-order valence-electron chi connectivity index (χ2n) is 4.08. The highest BCUT2D eigenvalue weighted by atomic mass is 16.5. The van der Waals surface area contributed by atoms with Crippen LogP contribution in [0.25, 0.3) is 0 Å². The van der Waals surface area contributed by atoms with Crippen molar-refractivity contribution >= 4 is 11.9 Å². The average Bonchev–Trinajstić information content (AvgIpc) is 2.24. The number of nitrogens with one attached hydrogen (secondary N) is 1. The van der Waals surface area contributed by atoms with E-state index in [1.54, 1.807) is 13.0 Å². The topological polar surface area (TPSA) is 84.3 Å². The molecule has 0 saturated heterocycles. The molecule has 0 fully saturated rings. The number of methoxy groups -OCH3 is 1. The van der Waals surface area contributed by atoms with E-state index in [9.17, 15) is 4.79 Å². The van der Waals surface area contributed by atoms with E-state index in [2.05, 4.69) is 15.3 Å². The molecule has 17 heavy (non-hydrogen) atoms. The number of hydrogen-bond acceptors (Lipinski definition) is 5. The van der Waals surface area contributed by atoms with Crippen LogP contribution < -0.4 is 10.1 Å². The summed E-state index contributed by atoms with van der Waals surface area (Å²) in [5.74, 6) is -0.317. The Labute approximate surface area is 100 Å². The van der Waals surface area contributed by atoms with E-state index in [1.165, 1.54) is 7.11 Å². The van der Waals surface area contributed by atoms with E-state index in [-0.39, 0.29) is 11.9 Å². The van der Waals surface area contributed by atoms with Gasteiger partial charge < -0.3 is 15.2 Å². The summed E-state index contributed by atoms with van der Waals surface area (Å²) >= 11 is 0. The van der Waals surface area contributed by atoms with Gasteiger partial charge in [-0.05, 0) is 12.8 Å². The lowest BCUT2D eigenvalue weighted by molar-refractivity contribution is -0.138. The van der Waals surface area contributed by atoms with Crippen LogP contribution in [0.2, 0.25) is 0 Å². The lowest BCUT2D eigenvalue weighted by atomic mass is 10.1. The molecule has 0 aliphatic carbocycles. The van der Waals surface area contributed by atoms with Crippen molar-refractivity contribution in [3.8, 4) is 5.88 Å². The summed E-state index contributed by atoms with van der Waals surface area (Å²) in [7, 11) is 1.50. The molecule has 0 amide bonds. The molecule has 0 saturated carbocycles. The summed E-state index contributed by atoms with van der Waals surface area (Å²) in [6.45, 7) is 5.43. The summed E-state index contributed by atoms with van der Waals surface area (Å²) in [6.07, 6.45) is 0. The Balaban J connectivity index is 2.93. The second kappa shape index (κ2) is 5.47. The van der Waals surface area contributed by atoms with Gasteiger partial charge in [0.2, 0.25) is 11.8 Å². The molecule has 1 rings (SSSR count). The summed E-state index contributed by atoms with van der Waals surface area (Å²) in [6, 6.07) is 0.956. The van der Waals surface area contributed by atoms with E-state index in [4.69, 9.17) is 9.84 Å². The zero-order valence-corrected chi connectivity index (χ0v) is 10.4. The highest BCUT2D eigenvalue weighted by Crippen LogP contribution is 2.14. The summed E-state index contributed by atoms with van der Waals surface area (Å²) < 4.78 is 5.00. The maximum absolute atomic E-state index is 11.0. The lowest BCUT2D eigenvalue weighted by Gasteiger charge is -2.18. The standard InChI is InChI=1S/C11H17N3O3/c1-6(2)9(10(15)16)14-11-12-7(3)5-8(13-11)17-4/h5-6,9H,1-4H3,(H,15,16)(H,12,13,14). The summed E-state index contributed by atoms with van der Waals surface area (Å²) in [4.78, 5) is 19.2. The molecule has 0 aromatic carbocycles. The Morgan fingerprint density at radius 3 is 2.59 bits per heavy atom. The lowest BCUT2D eigenvalue weighted by Crippen LogP contribution is -2.35. The average molecular weight is 239 g/mol. The van der Waals surface area contributed by atoms with Gasteiger partial charge in [-0.15, -0.1) is 0 Å². The minimum Gasteiger partial charge on any atom is -0.481 e. The Morgan fingerprint density at radius 1 is 1.47 bits per heavy atom. The molecule has 1 heterocycles. The zero-order valence-electron chi connectivity index (χ0n) is 10.4. The fourth-order valence-electron chi connectivity index (χ4n) is 1.36. The number of rotatable bonds is 5. The third kappa shape index (κ3) is 3.58. The minimum atomic E-state index is -0.927. The van der Waals surface area contributed by atoms with Crippen LogP contribution in [0.1, 0.15) is 19.5 Å². The number of hydrogen-bond donors (Lipinski definition) is 2. The zero-order chi connectivity index (χ0) is 13.0. The van der Waals surface area contributed by atoms with Crippen LogP contribution in [0.5, 0.6) is 5.88 Å². The minimum absolute atomic E-state index is 0.0670. The molecule has 0 radical (unpaired) electrons. The van der Waals surface area contributed by atoms with Gasteiger partial charge in [0.15, 0.2) is 0 Å². The first kappa shape index (κ1) is 13.2. The molecule has 94 valence electrons. The van der Waals surface area contributed by atoms with Crippen molar-refractivity contribution < 1.29 is 14.6 Å². The van der Waals surface area contributed by atoms with Crippen LogP contribution in [-0.2, 0) is 4.79 Å². The Kier molecular flexibility index (Phi) is 4.25. The maximum atomic E-state index is 11.0. The van der Waals surface area contributed by atoms with Crippen molar-refractivity contribution in [1.29, 1.82) is 0 Å². The van der Waals surface area contributed by atoms with Gasteiger partial charge in [0, 0.05) is 11.8 Å². The molecule has 1 unspecified atom stereocenters. The van der Waals surface area contributed by atoms with E-state index < -0.39 is 12.0 Å². The molecule has 1 atom stereocenters. The summed E-state index contributed by atoms with van der Waals surface area (Å²) in [5, 5.41) is 11.8. The molecule has 0 aliphatic rings. The van der Waals surface area contributed by atoms with Gasteiger partial charge in [0.25, 0.3) is 0 Å². The number of carboxylic acids is 1. The number of aryl methyl sites for hydroxylation is 1. The second-order valence-corrected chi connectivity index (χ2v) is 4.08. The van der Waals surface area contributed by atoms with E-state index >= 15 is 0 Å². The molecule has 6 heteroatoms. The smallest absolute Gasteiger partial charge is 0.326 e. The molecule has 1 aromatic heterocycles. The van der Waals surface area contributed by atoms with Crippen molar-refractivity contribution in [3.05, 3.63) is 11.8 Å². The molecule has 0 aliphatic heterocycles.